The summed E-state index contributed by atoms with van der Waals surface area (Å²) in [5, 5.41) is 6.00. The molecule has 0 bridgehead atoms. The van der Waals surface area contributed by atoms with Gasteiger partial charge in [0.1, 0.15) is 0 Å². The first kappa shape index (κ1) is 14.0. The van der Waals surface area contributed by atoms with E-state index < -0.39 is 5.41 Å². The molecule has 1 aliphatic heterocycles. The van der Waals surface area contributed by atoms with Crippen LogP contribution in [0.3, 0.4) is 0 Å². The number of ether oxygens (including phenoxy) is 1. The molecule has 0 fully saturated rings. The summed E-state index contributed by atoms with van der Waals surface area (Å²) in [6.07, 6.45) is 1.01. The lowest BCUT2D eigenvalue weighted by molar-refractivity contribution is -0.119. The van der Waals surface area contributed by atoms with E-state index in [2.05, 4.69) is 16.7 Å². The van der Waals surface area contributed by atoms with Crippen molar-refractivity contribution >= 4 is 11.6 Å². The summed E-state index contributed by atoms with van der Waals surface area (Å²) in [6.45, 7) is 6.22. The van der Waals surface area contributed by atoms with Crippen molar-refractivity contribution in [2.75, 3.05) is 25.5 Å². The summed E-state index contributed by atoms with van der Waals surface area (Å²) in [4.78, 5) is 11.8. The predicted octanol–water partition coefficient (Wildman–Crippen LogP) is 2.04. The topological polar surface area (TPSA) is 50.4 Å². The monoisotopic (exact) mass is 262 g/mol. The molecule has 0 saturated carbocycles. The number of carbonyl (C=O) groups is 1. The number of amides is 1. The minimum Gasteiger partial charge on any atom is -0.377 e. The third-order valence-electron chi connectivity index (χ3n) is 3.56. The Morgan fingerprint density at radius 3 is 2.89 bits per heavy atom. The van der Waals surface area contributed by atoms with Crippen LogP contribution in [0.5, 0.6) is 0 Å². The third-order valence-corrected chi connectivity index (χ3v) is 3.56. The average molecular weight is 262 g/mol. The zero-order chi connectivity index (χ0) is 13.9. The van der Waals surface area contributed by atoms with Gasteiger partial charge in [-0.15, -0.1) is 0 Å². The predicted molar refractivity (Wildman–Crippen MR) is 76.3 cm³/mol. The molecule has 1 heterocycles. The number of hydrogen-bond donors (Lipinski definition) is 2. The van der Waals surface area contributed by atoms with Gasteiger partial charge in [0.2, 0.25) is 5.91 Å². The van der Waals surface area contributed by atoms with Crippen LogP contribution >= 0.6 is 0 Å². The summed E-state index contributed by atoms with van der Waals surface area (Å²) in [7, 11) is 1.94. The maximum atomic E-state index is 11.8. The van der Waals surface area contributed by atoms with Gasteiger partial charge in [0, 0.05) is 12.3 Å². The Kier molecular flexibility index (Phi) is 4.22. The zero-order valence-corrected chi connectivity index (χ0v) is 11.9. The summed E-state index contributed by atoms with van der Waals surface area (Å²) in [5.41, 5.74) is 2.66. The van der Waals surface area contributed by atoms with Crippen molar-refractivity contribution in [3.05, 3.63) is 29.3 Å². The number of rotatable bonds is 6. The number of hydrogen-bond acceptors (Lipinski definition) is 3. The van der Waals surface area contributed by atoms with Crippen LogP contribution in [0.15, 0.2) is 18.2 Å². The highest BCUT2D eigenvalue weighted by Crippen LogP contribution is 2.37. The van der Waals surface area contributed by atoms with Gasteiger partial charge < -0.3 is 15.4 Å². The molecule has 1 aliphatic rings. The summed E-state index contributed by atoms with van der Waals surface area (Å²) in [6, 6.07) is 6.05. The fourth-order valence-electron chi connectivity index (χ4n) is 2.25. The molecule has 0 saturated heterocycles. The van der Waals surface area contributed by atoms with Crippen LogP contribution < -0.4 is 10.6 Å². The third kappa shape index (κ3) is 2.96. The molecular weight excluding hydrogens is 240 g/mol. The molecule has 104 valence electrons. The molecule has 1 aromatic carbocycles. The van der Waals surface area contributed by atoms with E-state index >= 15 is 0 Å². The van der Waals surface area contributed by atoms with E-state index in [9.17, 15) is 4.79 Å². The van der Waals surface area contributed by atoms with Crippen LogP contribution in [0.1, 0.15) is 31.4 Å². The van der Waals surface area contributed by atoms with E-state index in [1.165, 1.54) is 0 Å². The Morgan fingerprint density at radius 2 is 2.16 bits per heavy atom. The fourth-order valence-corrected chi connectivity index (χ4v) is 2.25. The molecule has 19 heavy (non-hydrogen) atoms. The van der Waals surface area contributed by atoms with Crippen molar-refractivity contribution in [2.24, 2.45) is 0 Å². The lowest BCUT2D eigenvalue weighted by Gasteiger charge is -2.15. The van der Waals surface area contributed by atoms with Crippen molar-refractivity contribution in [3.8, 4) is 0 Å². The van der Waals surface area contributed by atoms with Gasteiger partial charge in [0.15, 0.2) is 0 Å². The lowest BCUT2D eigenvalue weighted by Crippen LogP contribution is -2.26. The highest BCUT2D eigenvalue weighted by atomic mass is 16.5. The molecule has 0 aromatic heterocycles. The second-order valence-electron chi connectivity index (χ2n) is 5.47. The molecule has 1 amide bonds. The number of nitrogens with one attached hydrogen (secondary N) is 2. The van der Waals surface area contributed by atoms with Crippen LogP contribution in [-0.4, -0.2) is 26.1 Å². The van der Waals surface area contributed by atoms with Crippen molar-refractivity contribution in [1.82, 2.24) is 5.32 Å². The van der Waals surface area contributed by atoms with Gasteiger partial charge in [-0.1, -0.05) is 12.1 Å². The quantitative estimate of drug-likeness (QED) is 0.771. The lowest BCUT2D eigenvalue weighted by atomic mass is 9.85. The van der Waals surface area contributed by atoms with Gasteiger partial charge >= 0.3 is 0 Å². The number of carbonyl (C=O) groups excluding carboxylic acids is 1. The number of anilines is 1. The van der Waals surface area contributed by atoms with Crippen molar-refractivity contribution in [2.45, 2.75) is 32.3 Å². The maximum Gasteiger partial charge on any atom is 0.234 e. The molecule has 0 spiro atoms. The molecule has 0 radical (unpaired) electrons. The fraction of sp³-hybridized carbons (Fsp3) is 0.533. The van der Waals surface area contributed by atoms with Crippen molar-refractivity contribution < 1.29 is 9.53 Å². The minimum absolute atomic E-state index is 0.0644. The smallest absolute Gasteiger partial charge is 0.234 e. The zero-order valence-electron chi connectivity index (χ0n) is 11.9. The van der Waals surface area contributed by atoms with E-state index in [0.717, 1.165) is 36.4 Å². The van der Waals surface area contributed by atoms with Gasteiger partial charge in [0.25, 0.3) is 0 Å². The Morgan fingerprint density at radius 1 is 1.37 bits per heavy atom. The summed E-state index contributed by atoms with van der Waals surface area (Å²) >= 11 is 0. The standard InChI is InChI=1S/C15H22N2O2/c1-15(2)12-9-11(10-19-8-4-7-16-3)5-6-13(12)17-14(15)18/h5-6,9,16H,4,7-8,10H2,1-3H3,(H,17,18). The number of fused-ring (bicyclic) bond motifs is 1. The molecule has 1 aromatic rings. The highest BCUT2D eigenvalue weighted by Gasteiger charge is 2.38. The van der Waals surface area contributed by atoms with Gasteiger partial charge in [-0.25, -0.2) is 0 Å². The SMILES string of the molecule is CNCCCOCc1ccc2c(c1)C(C)(C)C(=O)N2. The maximum absolute atomic E-state index is 11.8. The van der Waals surface area contributed by atoms with Gasteiger partial charge in [0.05, 0.1) is 12.0 Å². The molecule has 0 unspecified atom stereocenters. The first-order chi connectivity index (χ1) is 9.05. The Balaban J connectivity index is 1.98. The first-order valence-electron chi connectivity index (χ1n) is 6.73. The Bertz CT molecular complexity index is 469. The van der Waals surface area contributed by atoms with E-state index in [1.54, 1.807) is 0 Å². The van der Waals surface area contributed by atoms with Crippen LogP contribution in [-0.2, 0) is 21.6 Å². The molecular formula is C15H22N2O2. The summed E-state index contributed by atoms with van der Waals surface area (Å²) < 4.78 is 5.63. The van der Waals surface area contributed by atoms with Gasteiger partial charge in [-0.05, 0) is 51.1 Å². The van der Waals surface area contributed by atoms with Crippen LogP contribution in [0.25, 0.3) is 0 Å². The molecule has 4 nitrogen and oxygen atoms in total. The first-order valence-corrected chi connectivity index (χ1v) is 6.73. The largest absolute Gasteiger partial charge is 0.377 e. The van der Waals surface area contributed by atoms with E-state index in [0.29, 0.717) is 6.61 Å². The normalized spacial score (nSPS) is 16.3. The number of benzene rings is 1. The molecule has 2 N–H and O–H groups in total. The summed E-state index contributed by atoms with van der Waals surface area (Å²) in [5.74, 6) is 0.0644. The molecule has 2 rings (SSSR count). The van der Waals surface area contributed by atoms with Crippen molar-refractivity contribution in [1.29, 1.82) is 0 Å². The minimum atomic E-state index is -0.447. The van der Waals surface area contributed by atoms with Crippen LogP contribution in [0, 0.1) is 0 Å². The van der Waals surface area contributed by atoms with Gasteiger partial charge in [-0.3, -0.25) is 4.79 Å². The Labute approximate surface area is 114 Å². The van der Waals surface area contributed by atoms with Gasteiger partial charge in [-0.2, -0.15) is 0 Å². The van der Waals surface area contributed by atoms with E-state index in [-0.39, 0.29) is 5.91 Å². The Hall–Kier alpha value is -1.39. The van der Waals surface area contributed by atoms with Crippen molar-refractivity contribution in [3.63, 3.8) is 0 Å². The molecule has 0 aliphatic carbocycles. The van der Waals surface area contributed by atoms with E-state index in [1.807, 2.05) is 33.0 Å². The highest BCUT2D eigenvalue weighted by molar-refractivity contribution is 6.05. The van der Waals surface area contributed by atoms with Crippen LogP contribution in [0.2, 0.25) is 0 Å². The van der Waals surface area contributed by atoms with Crippen LogP contribution in [0.4, 0.5) is 5.69 Å². The molecule has 4 heteroatoms. The second kappa shape index (κ2) is 5.72. The van der Waals surface area contributed by atoms with E-state index in [4.69, 9.17) is 4.74 Å². The molecule has 0 atom stereocenters. The second-order valence-corrected chi connectivity index (χ2v) is 5.47. The average Bonchev–Trinajstić information content (AvgIpc) is 2.61.